The van der Waals surface area contributed by atoms with Crippen LogP contribution >= 0.6 is 8.25 Å². The molecule has 0 heterocycles. The highest BCUT2D eigenvalue weighted by atomic mass is 31.1. The van der Waals surface area contributed by atoms with Gasteiger partial charge in [0.15, 0.2) is 21.0 Å². The Balaban J connectivity index is 2.99. The molecule has 0 fully saturated rings. The molecule has 0 saturated carbocycles. The average molecular weight is 142 g/mol. The summed E-state index contributed by atoms with van der Waals surface area (Å²) in [5.74, 6) is 0. The zero-order valence-corrected chi connectivity index (χ0v) is 8.72. The molecule has 0 radical (unpaired) electrons. The molecule has 0 aliphatic rings. The molecule has 0 amide bonds. The molecular weight excluding hydrogens is 135 g/mol. The molecule has 0 spiro atoms. The fraction of sp³-hybridized carbons (Fsp3) is 0. The van der Waals surface area contributed by atoms with Crippen LogP contribution in [0.4, 0.5) is 0 Å². The van der Waals surface area contributed by atoms with Crippen molar-refractivity contribution in [1.29, 1.82) is 0 Å². The highest BCUT2D eigenvalue weighted by Crippen LogP contribution is 2.17. The molecule has 0 bridgehead atoms. The summed E-state index contributed by atoms with van der Waals surface area (Å²) in [5.41, 5.74) is 0. The normalized spacial score (nSPS) is 15.3. The minimum Gasteiger partial charge on any atom is -0.365 e. The van der Waals surface area contributed by atoms with Gasteiger partial charge in [-0.3, -0.25) is 4.57 Å². The van der Waals surface area contributed by atoms with E-state index < -0.39 is 8.25 Å². The Morgan fingerprint density at radius 3 is 1.67 bits per heavy atom. The van der Waals surface area contributed by atoms with Gasteiger partial charge in [0.05, 0.1) is 0 Å². The van der Waals surface area contributed by atoms with Crippen molar-refractivity contribution in [3.8, 4) is 0 Å². The molecule has 0 aromatic carbocycles. The molecule has 0 aromatic rings. The lowest BCUT2D eigenvalue weighted by Crippen LogP contribution is -1.71. The highest BCUT2D eigenvalue weighted by molar-refractivity contribution is 7.35. The highest BCUT2D eigenvalue weighted by Gasteiger charge is 1.81. The molecule has 0 unspecified atom stereocenters. The van der Waals surface area contributed by atoms with Crippen LogP contribution in [0.5, 0.6) is 0 Å². The Morgan fingerprint density at radius 2 is 1.67 bits per heavy atom. The largest absolute Gasteiger partial charge is 0.365 e. The first-order valence-corrected chi connectivity index (χ1v) is 4.29. The van der Waals surface area contributed by atoms with Gasteiger partial charge in [-0.2, -0.15) is 0 Å². The Kier molecular flexibility index (Phi) is 4.13. The third-order valence-corrected chi connectivity index (χ3v) is 3.00. The lowest BCUT2D eigenvalue weighted by atomic mass is 15.8. The number of hydrogen-bond donors (Lipinski definition) is 0. The second-order valence-corrected chi connectivity index (χ2v) is 4.42. The van der Waals surface area contributed by atoms with Crippen molar-refractivity contribution in [2.45, 2.75) is 0 Å². The zero-order chi connectivity index (χ0) is 4.99. The zero-order valence-electron chi connectivity index (χ0n) is 3.72. The molecule has 0 aromatic heterocycles. The summed E-state index contributed by atoms with van der Waals surface area (Å²) >= 11 is 0. The molecule has 0 saturated heterocycles. The summed E-state index contributed by atoms with van der Waals surface area (Å²) in [5, 5.41) is 0. The maximum absolute atomic E-state index is 9.99. The topological polar surface area (TPSA) is 35.5 Å². The van der Waals surface area contributed by atoms with E-state index >= 15 is 0 Å². The second-order valence-electron chi connectivity index (χ2n) is 0.658. The van der Waals surface area contributed by atoms with Crippen molar-refractivity contribution in [1.82, 2.24) is 0 Å². The molecular formula is H7O3PSi2. The molecule has 0 atom stereocenters. The maximum Gasteiger partial charge on any atom is 0.297 e. The van der Waals surface area contributed by atoms with E-state index in [1.165, 1.54) is 0 Å². The Labute approximate surface area is 43.1 Å². The van der Waals surface area contributed by atoms with E-state index in [0.29, 0.717) is 21.0 Å². The predicted molar refractivity (Wildman–Crippen MR) is 31.0 cm³/mol. The fourth-order valence-corrected chi connectivity index (χ4v) is 2.25. The average Bonchev–Trinajstić information content (AvgIpc) is 1.65. The van der Waals surface area contributed by atoms with Gasteiger partial charge in [-0.25, -0.2) is 0 Å². The molecule has 0 aliphatic carbocycles. The molecule has 0 rings (SSSR count). The van der Waals surface area contributed by atoms with Crippen LogP contribution < -0.4 is 0 Å². The SMILES string of the molecule is O=[PH](O[SiH3])O[SiH3]. The van der Waals surface area contributed by atoms with E-state index in [2.05, 4.69) is 8.43 Å². The van der Waals surface area contributed by atoms with Crippen LogP contribution in [0.3, 0.4) is 0 Å². The molecule has 0 aliphatic heterocycles. The van der Waals surface area contributed by atoms with E-state index in [0.717, 1.165) is 0 Å². The third kappa shape index (κ3) is 2.80. The maximum atomic E-state index is 9.99. The van der Waals surface area contributed by atoms with Crippen molar-refractivity contribution >= 4 is 29.2 Å². The molecule has 6 heteroatoms. The van der Waals surface area contributed by atoms with Crippen LogP contribution in [0, 0.1) is 0 Å². The standard InChI is InChI=1S/H7O3PSi2/c1-4(2-5)3-6/h4H,5-6H3. The van der Waals surface area contributed by atoms with Gasteiger partial charge in [-0.1, -0.05) is 0 Å². The van der Waals surface area contributed by atoms with Crippen LogP contribution in [0.25, 0.3) is 0 Å². The lowest BCUT2D eigenvalue weighted by molar-refractivity contribution is 0.445. The van der Waals surface area contributed by atoms with Gasteiger partial charge in [0, 0.05) is 0 Å². The molecule has 38 valence electrons. The van der Waals surface area contributed by atoms with Crippen molar-refractivity contribution in [2.24, 2.45) is 0 Å². The van der Waals surface area contributed by atoms with Gasteiger partial charge in [0.2, 0.25) is 0 Å². The second kappa shape index (κ2) is 3.76. The van der Waals surface area contributed by atoms with Gasteiger partial charge >= 0.3 is 0 Å². The van der Waals surface area contributed by atoms with Crippen molar-refractivity contribution in [2.75, 3.05) is 0 Å². The molecule has 6 heavy (non-hydrogen) atoms. The van der Waals surface area contributed by atoms with E-state index in [9.17, 15) is 4.57 Å². The summed E-state index contributed by atoms with van der Waals surface area (Å²) in [6, 6.07) is 0. The smallest absolute Gasteiger partial charge is 0.297 e. The number of hydrogen-bond acceptors (Lipinski definition) is 3. The minimum absolute atomic E-state index is 0.512. The van der Waals surface area contributed by atoms with Gasteiger partial charge in [0.1, 0.15) is 0 Å². The third-order valence-electron chi connectivity index (χ3n) is 0.333. The van der Waals surface area contributed by atoms with Gasteiger partial charge in [0.25, 0.3) is 8.25 Å². The van der Waals surface area contributed by atoms with Gasteiger partial charge < -0.3 is 8.43 Å². The van der Waals surface area contributed by atoms with E-state index in [-0.39, 0.29) is 0 Å². The molecule has 0 N–H and O–H groups in total. The van der Waals surface area contributed by atoms with Gasteiger partial charge in [-0.15, -0.1) is 0 Å². The van der Waals surface area contributed by atoms with E-state index in [4.69, 9.17) is 0 Å². The summed E-state index contributed by atoms with van der Waals surface area (Å²) in [4.78, 5) is 0. The Morgan fingerprint density at radius 1 is 1.33 bits per heavy atom. The van der Waals surface area contributed by atoms with Crippen LogP contribution in [-0.4, -0.2) is 21.0 Å². The van der Waals surface area contributed by atoms with Crippen LogP contribution in [-0.2, 0) is 13.0 Å². The quantitative estimate of drug-likeness (QED) is 0.329. The molecule has 3 nitrogen and oxygen atoms in total. The van der Waals surface area contributed by atoms with Gasteiger partial charge in [-0.05, 0) is 0 Å². The first-order valence-electron chi connectivity index (χ1n) is 1.43. The summed E-state index contributed by atoms with van der Waals surface area (Å²) in [6.45, 7) is 0. The van der Waals surface area contributed by atoms with E-state index in [1.807, 2.05) is 0 Å². The van der Waals surface area contributed by atoms with Crippen molar-refractivity contribution in [3.63, 3.8) is 0 Å². The summed E-state index contributed by atoms with van der Waals surface area (Å²) < 4.78 is 18.8. The summed E-state index contributed by atoms with van der Waals surface area (Å²) in [6.07, 6.45) is 0. The lowest BCUT2D eigenvalue weighted by Gasteiger charge is -1.90. The monoisotopic (exact) mass is 142 g/mol. The van der Waals surface area contributed by atoms with Crippen molar-refractivity contribution < 1.29 is 13.0 Å². The summed E-state index contributed by atoms with van der Waals surface area (Å²) in [7, 11) is -0.970. The van der Waals surface area contributed by atoms with Crippen LogP contribution in [0.2, 0.25) is 0 Å². The van der Waals surface area contributed by atoms with Crippen LogP contribution in [0.15, 0.2) is 0 Å². The van der Waals surface area contributed by atoms with E-state index in [1.54, 1.807) is 0 Å². The fourth-order valence-electron chi connectivity index (χ4n) is 0.0833. The number of rotatable bonds is 2. The Hall–Kier alpha value is 0.584. The first-order chi connectivity index (χ1) is 2.81. The first kappa shape index (κ1) is 6.58. The van der Waals surface area contributed by atoms with Crippen LogP contribution in [0.1, 0.15) is 0 Å². The predicted octanol–water partition coefficient (Wildman–Crippen LogP) is -2.03. The van der Waals surface area contributed by atoms with Crippen molar-refractivity contribution in [3.05, 3.63) is 0 Å². The minimum atomic E-state index is -1.99. The Bertz CT molecular complexity index is 46.8.